The predicted octanol–water partition coefficient (Wildman–Crippen LogP) is 4.21. The number of rotatable bonds is 4. The quantitative estimate of drug-likeness (QED) is 0.702. The third-order valence-electron chi connectivity index (χ3n) is 2.93. The number of carboxylic acids is 1. The zero-order chi connectivity index (χ0) is 19.6. The molecular formula is C15H16BrF4NO4. The van der Waals surface area contributed by atoms with E-state index in [0.29, 0.717) is 6.07 Å². The van der Waals surface area contributed by atoms with E-state index >= 15 is 0 Å². The summed E-state index contributed by atoms with van der Waals surface area (Å²) in [5.41, 5.74) is -1.68. The van der Waals surface area contributed by atoms with Crippen molar-refractivity contribution in [2.24, 2.45) is 0 Å². The second-order valence-corrected chi connectivity index (χ2v) is 7.01. The average Bonchev–Trinajstić information content (AvgIpc) is 2.38. The first-order chi connectivity index (χ1) is 11.2. The van der Waals surface area contributed by atoms with E-state index in [1.54, 1.807) is 5.32 Å². The summed E-state index contributed by atoms with van der Waals surface area (Å²) in [6, 6.07) is 0.124. The Morgan fingerprint density at radius 1 is 1.24 bits per heavy atom. The van der Waals surface area contributed by atoms with Crippen LogP contribution in [-0.2, 0) is 9.53 Å². The molecule has 2 atom stereocenters. The predicted molar refractivity (Wildman–Crippen MR) is 83.7 cm³/mol. The number of hydrogen-bond donors (Lipinski definition) is 2. The molecule has 5 nitrogen and oxygen atoms in total. The second-order valence-electron chi connectivity index (χ2n) is 6.15. The Hall–Kier alpha value is -1.84. The standard InChI is InChI=1S/C15H16BrF4NO4/c1-14(2,3)25-13(24)21-11(12(22)23)10(15(18,19)20)7-4-5-8(16)9(17)6-7/h4-6,10-11H,1-3H3,(H,21,24)(H,22,23). The lowest BCUT2D eigenvalue weighted by atomic mass is 9.90. The molecule has 0 saturated heterocycles. The van der Waals surface area contributed by atoms with Gasteiger partial charge in [0.15, 0.2) is 0 Å². The van der Waals surface area contributed by atoms with Gasteiger partial charge in [-0.15, -0.1) is 0 Å². The maximum Gasteiger partial charge on any atom is 0.408 e. The zero-order valence-electron chi connectivity index (χ0n) is 13.4. The molecule has 0 spiro atoms. The van der Waals surface area contributed by atoms with Crippen LogP contribution in [0.1, 0.15) is 32.3 Å². The summed E-state index contributed by atoms with van der Waals surface area (Å²) in [4.78, 5) is 23.1. The summed E-state index contributed by atoms with van der Waals surface area (Å²) in [6.07, 6.45) is -6.38. The van der Waals surface area contributed by atoms with Crippen molar-refractivity contribution >= 4 is 28.0 Å². The number of carbonyl (C=O) groups is 2. The summed E-state index contributed by atoms with van der Waals surface area (Å²) >= 11 is 2.81. The van der Waals surface area contributed by atoms with Gasteiger partial charge in [-0.1, -0.05) is 6.07 Å². The number of halogens is 5. The maximum atomic E-state index is 13.6. The van der Waals surface area contributed by atoms with Crippen molar-refractivity contribution in [3.8, 4) is 0 Å². The summed E-state index contributed by atoms with van der Waals surface area (Å²) in [5.74, 6) is -5.59. The van der Waals surface area contributed by atoms with Crippen molar-refractivity contribution in [3.05, 3.63) is 34.1 Å². The Labute approximate surface area is 149 Å². The normalized spacial score (nSPS) is 14.6. The lowest BCUT2D eigenvalue weighted by Crippen LogP contribution is -2.50. The number of aliphatic carboxylic acids is 1. The molecule has 0 aliphatic carbocycles. The number of ether oxygens (including phenoxy) is 1. The van der Waals surface area contributed by atoms with Crippen LogP contribution in [0.4, 0.5) is 22.4 Å². The smallest absolute Gasteiger partial charge is 0.408 e. The van der Waals surface area contributed by atoms with E-state index in [4.69, 9.17) is 9.84 Å². The van der Waals surface area contributed by atoms with Crippen molar-refractivity contribution in [2.45, 2.75) is 44.5 Å². The van der Waals surface area contributed by atoms with Crippen molar-refractivity contribution in [1.82, 2.24) is 5.32 Å². The van der Waals surface area contributed by atoms with Crippen LogP contribution in [0.2, 0.25) is 0 Å². The molecule has 0 aliphatic heterocycles. The molecule has 10 heteroatoms. The van der Waals surface area contributed by atoms with Gasteiger partial charge in [-0.3, -0.25) is 0 Å². The third kappa shape index (κ3) is 6.18. The van der Waals surface area contributed by atoms with Crippen LogP contribution in [0.3, 0.4) is 0 Å². The number of alkyl halides is 3. The number of carboxylic acid groups (broad SMARTS) is 1. The van der Waals surface area contributed by atoms with E-state index in [-0.39, 0.29) is 4.47 Å². The molecule has 1 amide bonds. The summed E-state index contributed by atoms with van der Waals surface area (Å²) in [5, 5.41) is 10.9. The van der Waals surface area contributed by atoms with Crippen molar-refractivity contribution in [1.29, 1.82) is 0 Å². The summed E-state index contributed by atoms with van der Waals surface area (Å²) in [7, 11) is 0. The number of amides is 1. The van der Waals surface area contributed by atoms with Gasteiger partial charge < -0.3 is 15.2 Å². The number of nitrogens with one attached hydrogen (secondary N) is 1. The van der Waals surface area contributed by atoms with Crippen LogP contribution >= 0.6 is 15.9 Å². The molecule has 2 unspecified atom stereocenters. The van der Waals surface area contributed by atoms with Crippen LogP contribution in [0.5, 0.6) is 0 Å². The molecular weight excluding hydrogens is 414 g/mol. The Morgan fingerprint density at radius 2 is 1.80 bits per heavy atom. The van der Waals surface area contributed by atoms with E-state index in [2.05, 4.69) is 15.9 Å². The molecule has 25 heavy (non-hydrogen) atoms. The fourth-order valence-electron chi connectivity index (χ4n) is 2.00. The number of hydrogen-bond acceptors (Lipinski definition) is 3. The highest BCUT2D eigenvalue weighted by molar-refractivity contribution is 9.10. The molecule has 1 aromatic carbocycles. The molecule has 1 aromatic rings. The Morgan fingerprint density at radius 3 is 2.20 bits per heavy atom. The van der Waals surface area contributed by atoms with Gasteiger partial charge in [0.2, 0.25) is 0 Å². The Kier molecular flexibility index (Phi) is 6.44. The van der Waals surface area contributed by atoms with Crippen LogP contribution in [-0.4, -0.2) is 35.0 Å². The van der Waals surface area contributed by atoms with Gasteiger partial charge in [0, 0.05) is 0 Å². The van der Waals surface area contributed by atoms with E-state index in [1.165, 1.54) is 20.8 Å². The average molecular weight is 430 g/mol. The Balaban J connectivity index is 3.26. The van der Waals surface area contributed by atoms with E-state index < -0.39 is 47.2 Å². The van der Waals surface area contributed by atoms with Crippen LogP contribution < -0.4 is 5.32 Å². The summed E-state index contributed by atoms with van der Waals surface area (Å²) < 4.78 is 58.7. The molecule has 2 N–H and O–H groups in total. The van der Waals surface area contributed by atoms with Gasteiger partial charge in [-0.25, -0.2) is 14.0 Å². The van der Waals surface area contributed by atoms with Gasteiger partial charge in [0.05, 0.1) is 4.47 Å². The maximum absolute atomic E-state index is 13.6. The highest BCUT2D eigenvalue weighted by Crippen LogP contribution is 2.38. The highest BCUT2D eigenvalue weighted by Gasteiger charge is 2.50. The molecule has 0 radical (unpaired) electrons. The first-order valence-corrected chi connectivity index (χ1v) is 7.75. The molecule has 0 aromatic heterocycles. The monoisotopic (exact) mass is 429 g/mol. The zero-order valence-corrected chi connectivity index (χ0v) is 15.0. The number of alkyl carbamates (subject to hydrolysis) is 1. The molecule has 0 aliphatic rings. The fraction of sp³-hybridized carbons (Fsp3) is 0.467. The van der Waals surface area contributed by atoms with Gasteiger partial charge >= 0.3 is 18.2 Å². The molecule has 0 fully saturated rings. The highest BCUT2D eigenvalue weighted by atomic mass is 79.9. The lowest BCUT2D eigenvalue weighted by molar-refractivity contribution is -0.169. The van der Waals surface area contributed by atoms with Crippen LogP contribution in [0.15, 0.2) is 22.7 Å². The van der Waals surface area contributed by atoms with Crippen molar-refractivity contribution in [3.63, 3.8) is 0 Å². The number of benzene rings is 1. The third-order valence-corrected chi connectivity index (χ3v) is 3.57. The van der Waals surface area contributed by atoms with E-state index in [0.717, 1.165) is 12.1 Å². The SMILES string of the molecule is CC(C)(C)OC(=O)NC(C(=O)O)C(c1ccc(Br)c(F)c1)C(F)(F)F. The Bertz CT molecular complexity index is 658. The van der Waals surface area contributed by atoms with Gasteiger partial charge in [0.1, 0.15) is 23.4 Å². The fourth-order valence-corrected chi connectivity index (χ4v) is 2.25. The van der Waals surface area contributed by atoms with E-state index in [9.17, 15) is 27.2 Å². The molecule has 0 heterocycles. The summed E-state index contributed by atoms with van der Waals surface area (Å²) in [6.45, 7) is 4.40. The van der Waals surface area contributed by atoms with Gasteiger partial charge in [-0.05, 0) is 54.4 Å². The van der Waals surface area contributed by atoms with Gasteiger partial charge in [-0.2, -0.15) is 13.2 Å². The minimum Gasteiger partial charge on any atom is -0.480 e. The molecule has 0 saturated carbocycles. The van der Waals surface area contributed by atoms with Crippen molar-refractivity contribution < 1.29 is 37.0 Å². The molecule has 140 valence electrons. The lowest BCUT2D eigenvalue weighted by Gasteiger charge is -2.28. The topological polar surface area (TPSA) is 75.6 Å². The minimum atomic E-state index is -5.06. The first kappa shape index (κ1) is 21.2. The number of carbonyl (C=O) groups excluding carboxylic acids is 1. The molecule has 1 rings (SSSR count). The van der Waals surface area contributed by atoms with Crippen LogP contribution in [0, 0.1) is 5.82 Å². The largest absolute Gasteiger partial charge is 0.480 e. The van der Waals surface area contributed by atoms with Crippen molar-refractivity contribution in [2.75, 3.05) is 0 Å². The molecule has 0 bridgehead atoms. The van der Waals surface area contributed by atoms with Gasteiger partial charge in [0.25, 0.3) is 0 Å². The second kappa shape index (κ2) is 7.59. The minimum absolute atomic E-state index is 0.0795. The first-order valence-electron chi connectivity index (χ1n) is 6.96. The van der Waals surface area contributed by atoms with Crippen LogP contribution in [0.25, 0.3) is 0 Å². The van der Waals surface area contributed by atoms with E-state index in [1.807, 2.05) is 0 Å².